The number of hydrogen-bond acceptors (Lipinski definition) is 3. The third-order valence-corrected chi connectivity index (χ3v) is 3.03. The predicted octanol–water partition coefficient (Wildman–Crippen LogP) is 3.46. The molecule has 0 aliphatic carbocycles. The summed E-state index contributed by atoms with van der Waals surface area (Å²) in [6.07, 6.45) is 1.70. The van der Waals surface area contributed by atoms with E-state index in [0.717, 1.165) is 10.9 Å². The quantitative estimate of drug-likeness (QED) is 0.628. The van der Waals surface area contributed by atoms with Crippen molar-refractivity contribution in [1.29, 1.82) is 0 Å². The first-order valence-electron chi connectivity index (χ1n) is 6.50. The zero-order chi connectivity index (χ0) is 14.7. The Bertz CT molecular complexity index is 796. The van der Waals surface area contributed by atoms with Gasteiger partial charge >= 0.3 is 6.03 Å². The molecule has 5 heteroatoms. The minimum atomic E-state index is -0.334. The molecule has 0 unspecified atom stereocenters. The van der Waals surface area contributed by atoms with Gasteiger partial charge in [-0.3, -0.25) is 4.98 Å². The molecule has 0 aliphatic rings. The van der Waals surface area contributed by atoms with E-state index in [-0.39, 0.29) is 6.03 Å². The highest BCUT2D eigenvalue weighted by Gasteiger charge is 2.06. The molecule has 1 heterocycles. The van der Waals surface area contributed by atoms with E-state index in [1.807, 2.05) is 30.3 Å². The van der Waals surface area contributed by atoms with Crippen molar-refractivity contribution in [3.05, 3.63) is 60.8 Å². The number of hydrogen-bond donors (Lipinski definition) is 3. The molecular weight excluding hydrogens is 264 g/mol. The van der Waals surface area contributed by atoms with E-state index in [1.165, 1.54) is 0 Å². The number of aromatic nitrogens is 1. The highest BCUT2D eigenvalue weighted by molar-refractivity contribution is 6.05. The van der Waals surface area contributed by atoms with Gasteiger partial charge in [-0.05, 0) is 30.3 Å². The van der Waals surface area contributed by atoms with Gasteiger partial charge in [-0.25, -0.2) is 4.79 Å². The van der Waals surface area contributed by atoms with Crippen LogP contribution in [-0.2, 0) is 0 Å². The van der Waals surface area contributed by atoms with Crippen molar-refractivity contribution < 1.29 is 4.79 Å². The highest BCUT2D eigenvalue weighted by Crippen LogP contribution is 2.21. The van der Waals surface area contributed by atoms with Gasteiger partial charge in [0, 0.05) is 23.0 Å². The Morgan fingerprint density at radius 2 is 1.81 bits per heavy atom. The molecule has 1 aromatic heterocycles. The number of amides is 2. The molecule has 2 amide bonds. The first-order chi connectivity index (χ1) is 10.2. The van der Waals surface area contributed by atoms with Crippen LogP contribution in [0.5, 0.6) is 0 Å². The van der Waals surface area contributed by atoms with Crippen LogP contribution >= 0.6 is 0 Å². The number of nitrogens with one attached hydrogen (secondary N) is 2. The standard InChI is InChI=1S/C16H14N4O/c17-12-6-2-7-13(10-12)19-16(21)20-14-8-1-4-11-5-3-9-18-15(11)14/h1-10H,17H2,(H2,19,20,21). The summed E-state index contributed by atoms with van der Waals surface area (Å²) in [5, 5.41) is 6.51. The van der Waals surface area contributed by atoms with Crippen LogP contribution in [0.15, 0.2) is 60.8 Å². The molecule has 3 aromatic rings. The average molecular weight is 278 g/mol. The molecule has 5 nitrogen and oxygen atoms in total. The minimum absolute atomic E-state index is 0.334. The van der Waals surface area contributed by atoms with Crippen LogP contribution in [0.4, 0.5) is 21.9 Å². The lowest BCUT2D eigenvalue weighted by atomic mass is 10.2. The van der Waals surface area contributed by atoms with Gasteiger partial charge in [0.05, 0.1) is 11.2 Å². The Morgan fingerprint density at radius 1 is 1.00 bits per heavy atom. The second-order valence-corrected chi connectivity index (χ2v) is 4.59. The third-order valence-electron chi connectivity index (χ3n) is 3.03. The maximum absolute atomic E-state index is 12.0. The lowest BCUT2D eigenvalue weighted by Crippen LogP contribution is -2.19. The molecule has 2 aromatic carbocycles. The fourth-order valence-corrected chi connectivity index (χ4v) is 2.11. The number of benzene rings is 2. The summed E-state index contributed by atoms with van der Waals surface area (Å²) in [5.74, 6) is 0. The SMILES string of the molecule is Nc1cccc(NC(=O)Nc2cccc3cccnc23)c1. The van der Waals surface area contributed by atoms with Crippen molar-refractivity contribution in [2.24, 2.45) is 0 Å². The molecule has 104 valence electrons. The monoisotopic (exact) mass is 278 g/mol. The van der Waals surface area contributed by atoms with E-state index in [9.17, 15) is 4.79 Å². The average Bonchev–Trinajstić information content (AvgIpc) is 2.47. The number of carbonyl (C=O) groups is 1. The molecule has 0 radical (unpaired) electrons. The molecule has 0 saturated carbocycles. The molecular formula is C16H14N4O. The molecule has 0 spiro atoms. The molecule has 0 atom stereocenters. The third kappa shape index (κ3) is 2.92. The summed E-state index contributed by atoms with van der Waals surface area (Å²) in [4.78, 5) is 16.3. The van der Waals surface area contributed by atoms with Crippen molar-refractivity contribution in [1.82, 2.24) is 4.98 Å². The first-order valence-corrected chi connectivity index (χ1v) is 6.50. The Kier molecular flexibility index (Phi) is 3.39. The summed E-state index contributed by atoms with van der Waals surface area (Å²) in [5.41, 5.74) is 8.33. The van der Waals surface area contributed by atoms with E-state index < -0.39 is 0 Å². The predicted molar refractivity (Wildman–Crippen MR) is 85.2 cm³/mol. The molecule has 0 bridgehead atoms. The summed E-state index contributed by atoms with van der Waals surface area (Å²) in [7, 11) is 0. The van der Waals surface area contributed by atoms with Gasteiger partial charge in [0.25, 0.3) is 0 Å². The van der Waals surface area contributed by atoms with Crippen molar-refractivity contribution in [3.63, 3.8) is 0 Å². The van der Waals surface area contributed by atoms with Gasteiger partial charge in [0.2, 0.25) is 0 Å². The maximum atomic E-state index is 12.0. The zero-order valence-corrected chi connectivity index (χ0v) is 11.2. The Labute approximate surface area is 121 Å². The van der Waals surface area contributed by atoms with Gasteiger partial charge < -0.3 is 16.4 Å². The van der Waals surface area contributed by atoms with E-state index in [4.69, 9.17) is 5.73 Å². The fraction of sp³-hybridized carbons (Fsp3) is 0. The second-order valence-electron chi connectivity index (χ2n) is 4.59. The number of nitrogens with zero attached hydrogens (tertiary/aromatic N) is 1. The number of rotatable bonds is 2. The van der Waals surface area contributed by atoms with Crippen LogP contribution in [-0.4, -0.2) is 11.0 Å². The van der Waals surface area contributed by atoms with Crippen LogP contribution in [0, 0.1) is 0 Å². The van der Waals surface area contributed by atoms with Crippen LogP contribution in [0.1, 0.15) is 0 Å². The maximum Gasteiger partial charge on any atom is 0.323 e. The zero-order valence-electron chi connectivity index (χ0n) is 11.2. The number of para-hydroxylation sites is 1. The lowest BCUT2D eigenvalue weighted by molar-refractivity contribution is 0.262. The molecule has 0 aliphatic heterocycles. The summed E-state index contributed by atoms with van der Waals surface area (Å²) in [6, 6.07) is 16.1. The summed E-state index contributed by atoms with van der Waals surface area (Å²) >= 11 is 0. The Balaban J connectivity index is 1.80. The molecule has 3 rings (SSSR count). The van der Waals surface area contributed by atoms with Crippen molar-refractivity contribution in [2.45, 2.75) is 0 Å². The van der Waals surface area contributed by atoms with Gasteiger partial charge in [-0.15, -0.1) is 0 Å². The molecule has 4 N–H and O–H groups in total. The topological polar surface area (TPSA) is 80.0 Å². The number of carbonyl (C=O) groups excluding carboxylic acids is 1. The van der Waals surface area contributed by atoms with E-state index in [1.54, 1.807) is 30.5 Å². The van der Waals surface area contributed by atoms with Gasteiger partial charge in [0.1, 0.15) is 0 Å². The van der Waals surface area contributed by atoms with Crippen LogP contribution in [0.3, 0.4) is 0 Å². The van der Waals surface area contributed by atoms with Gasteiger partial charge in [-0.1, -0.05) is 24.3 Å². The largest absolute Gasteiger partial charge is 0.399 e. The van der Waals surface area contributed by atoms with E-state index in [2.05, 4.69) is 15.6 Å². The number of anilines is 3. The van der Waals surface area contributed by atoms with Crippen LogP contribution in [0.2, 0.25) is 0 Å². The summed E-state index contributed by atoms with van der Waals surface area (Å²) in [6.45, 7) is 0. The number of fused-ring (bicyclic) bond motifs is 1. The van der Waals surface area contributed by atoms with Gasteiger partial charge in [-0.2, -0.15) is 0 Å². The van der Waals surface area contributed by atoms with Gasteiger partial charge in [0.15, 0.2) is 0 Å². The Morgan fingerprint density at radius 3 is 2.67 bits per heavy atom. The number of nitrogens with two attached hydrogens (primary N) is 1. The van der Waals surface area contributed by atoms with Crippen molar-refractivity contribution in [2.75, 3.05) is 16.4 Å². The van der Waals surface area contributed by atoms with Crippen molar-refractivity contribution in [3.8, 4) is 0 Å². The highest BCUT2D eigenvalue weighted by atomic mass is 16.2. The summed E-state index contributed by atoms with van der Waals surface area (Å²) < 4.78 is 0. The van der Waals surface area contributed by atoms with Crippen LogP contribution in [0.25, 0.3) is 10.9 Å². The molecule has 21 heavy (non-hydrogen) atoms. The lowest BCUT2D eigenvalue weighted by Gasteiger charge is -2.09. The fourth-order valence-electron chi connectivity index (χ4n) is 2.11. The number of urea groups is 1. The number of nitrogen functional groups attached to an aromatic ring is 1. The first kappa shape index (κ1) is 12.9. The number of pyridine rings is 1. The smallest absolute Gasteiger partial charge is 0.323 e. The molecule has 0 fully saturated rings. The van der Waals surface area contributed by atoms with E-state index >= 15 is 0 Å². The van der Waals surface area contributed by atoms with Crippen molar-refractivity contribution >= 4 is 34.0 Å². The minimum Gasteiger partial charge on any atom is -0.399 e. The normalized spacial score (nSPS) is 10.3. The second kappa shape index (κ2) is 5.50. The van der Waals surface area contributed by atoms with Crippen LogP contribution < -0.4 is 16.4 Å². The van der Waals surface area contributed by atoms with E-state index in [0.29, 0.717) is 17.1 Å². The molecule has 0 saturated heterocycles. The Hall–Kier alpha value is -3.08.